The van der Waals surface area contributed by atoms with Gasteiger partial charge >= 0.3 is 5.97 Å². The van der Waals surface area contributed by atoms with Gasteiger partial charge < -0.3 is 9.84 Å². The number of esters is 1. The molecule has 1 aliphatic carbocycles. The molecule has 3 atom stereocenters. The predicted octanol–water partition coefficient (Wildman–Crippen LogP) is 1.59. The Hall–Kier alpha value is -0.570. The van der Waals surface area contributed by atoms with E-state index in [1.165, 1.54) is 0 Å². The highest BCUT2D eigenvalue weighted by Gasteiger charge is 2.36. The van der Waals surface area contributed by atoms with E-state index in [2.05, 4.69) is 6.92 Å². The number of aliphatic hydroxyl groups excluding tert-OH is 1. The number of aliphatic hydroxyl groups is 1. The Balaban J connectivity index is 2.43. The van der Waals surface area contributed by atoms with Crippen LogP contribution in [0.2, 0.25) is 0 Å². The van der Waals surface area contributed by atoms with Gasteiger partial charge in [0.1, 0.15) is 0 Å². The van der Waals surface area contributed by atoms with Crippen molar-refractivity contribution in [3.8, 4) is 0 Å². The van der Waals surface area contributed by atoms with Gasteiger partial charge in [0.25, 0.3) is 0 Å². The molecule has 82 valence electrons. The predicted molar refractivity (Wildman–Crippen MR) is 53.7 cm³/mol. The second-order valence-electron chi connectivity index (χ2n) is 4.19. The zero-order valence-electron chi connectivity index (χ0n) is 9.03. The molecule has 1 saturated carbocycles. The third kappa shape index (κ3) is 2.71. The molecule has 1 fully saturated rings. The SMILES string of the molecule is CCOC(=O)C1CC(CCO)CC1C. The van der Waals surface area contributed by atoms with Crippen molar-refractivity contribution in [3.05, 3.63) is 0 Å². The minimum Gasteiger partial charge on any atom is -0.466 e. The van der Waals surface area contributed by atoms with Crippen LogP contribution in [0.3, 0.4) is 0 Å². The number of rotatable bonds is 4. The molecule has 0 aromatic heterocycles. The Morgan fingerprint density at radius 2 is 2.21 bits per heavy atom. The van der Waals surface area contributed by atoms with E-state index in [4.69, 9.17) is 9.84 Å². The highest BCUT2D eigenvalue weighted by atomic mass is 16.5. The van der Waals surface area contributed by atoms with Crippen LogP contribution in [0.15, 0.2) is 0 Å². The van der Waals surface area contributed by atoms with Crippen LogP contribution >= 0.6 is 0 Å². The lowest BCUT2D eigenvalue weighted by Gasteiger charge is -2.12. The van der Waals surface area contributed by atoms with Crippen LogP contribution in [-0.4, -0.2) is 24.3 Å². The molecular formula is C11H20O3. The second-order valence-corrected chi connectivity index (χ2v) is 4.19. The quantitative estimate of drug-likeness (QED) is 0.701. The topological polar surface area (TPSA) is 46.5 Å². The maximum atomic E-state index is 11.5. The minimum absolute atomic E-state index is 0.0551. The molecule has 0 aromatic carbocycles. The van der Waals surface area contributed by atoms with Gasteiger partial charge in [-0.05, 0) is 38.0 Å². The van der Waals surface area contributed by atoms with Gasteiger partial charge in [-0.2, -0.15) is 0 Å². The van der Waals surface area contributed by atoms with E-state index in [-0.39, 0.29) is 18.5 Å². The Morgan fingerprint density at radius 3 is 2.79 bits per heavy atom. The number of hydrogen-bond acceptors (Lipinski definition) is 3. The van der Waals surface area contributed by atoms with Crippen LogP contribution in [0.25, 0.3) is 0 Å². The molecule has 0 heterocycles. The second kappa shape index (κ2) is 5.35. The van der Waals surface area contributed by atoms with Gasteiger partial charge in [-0.25, -0.2) is 0 Å². The molecule has 0 saturated heterocycles. The summed E-state index contributed by atoms with van der Waals surface area (Å²) in [5, 5.41) is 8.82. The fourth-order valence-corrected chi connectivity index (χ4v) is 2.37. The smallest absolute Gasteiger partial charge is 0.309 e. The van der Waals surface area contributed by atoms with Gasteiger partial charge in [0.05, 0.1) is 12.5 Å². The van der Waals surface area contributed by atoms with E-state index in [0.717, 1.165) is 19.3 Å². The van der Waals surface area contributed by atoms with Crippen molar-refractivity contribution >= 4 is 5.97 Å². The molecule has 0 aliphatic heterocycles. The standard InChI is InChI=1S/C11H20O3/c1-3-14-11(13)10-7-9(4-5-12)6-8(10)2/h8-10,12H,3-7H2,1-2H3. The molecule has 0 amide bonds. The average Bonchev–Trinajstić information content (AvgIpc) is 2.48. The van der Waals surface area contributed by atoms with Crippen LogP contribution in [0, 0.1) is 17.8 Å². The van der Waals surface area contributed by atoms with Crippen molar-refractivity contribution in [1.29, 1.82) is 0 Å². The van der Waals surface area contributed by atoms with Gasteiger partial charge in [-0.1, -0.05) is 6.92 Å². The first-order valence-electron chi connectivity index (χ1n) is 5.46. The van der Waals surface area contributed by atoms with Gasteiger partial charge in [0, 0.05) is 6.61 Å². The maximum Gasteiger partial charge on any atom is 0.309 e. The average molecular weight is 200 g/mol. The lowest BCUT2D eigenvalue weighted by Crippen LogP contribution is -2.19. The Morgan fingerprint density at radius 1 is 1.50 bits per heavy atom. The lowest BCUT2D eigenvalue weighted by atomic mass is 9.99. The first-order chi connectivity index (χ1) is 6.69. The molecule has 0 aromatic rings. The summed E-state index contributed by atoms with van der Waals surface area (Å²) in [6.07, 6.45) is 2.75. The zero-order valence-corrected chi connectivity index (χ0v) is 9.03. The number of hydrogen-bond donors (Lipinski definition) is 1. The zero-order chi connectivity index (χ0) is 10.6. The molecule has 0 bridgehead atoms. The summed E-state index contributed by atoms with van der Waals surface area (Å²) in [7, 11) is 0. The largest absolute Gasteiger partial charge is 0.466 e. The molecule has 1 aliphatic rings. The fraction of sp³-hybridized carbons (Fsp3) is 0.909. The van der Waals surface area contributed by atoms with Crippen LogP contribution in [-0.2, 0) is 9.53 Å². The third-order valence-corrected chi connectivity index (χ3v) is 3.11. The Kier molecular flexibility index (Phi) is 4.39. The van der Waals surface area contributed by atoms with E-state index < -0.39 is 0 Å². The first-order valence-corrected chi connectivity index (χ1v) is 5.46. The molecular weight excluding hydrogens is 180 g/mol. The van der Waals surface area contributed by atoms with Crippen molar-refractivity contribution < 1.29 is 14.6 Å². The van der Waals surface area contributed by atoms with E-state index in [1.807, 2.05) is 6.92 Å². The summed E-state index contributed by atoms with van der Waals surface area (Å²) >= 11 is 0. The molecule has 0 radical (unpaired) electrons. The van der Waals surface area contributed by atoms with Crippen LogP contribution in [0.1, 0.15) is 33.1 Å². The van der Waals surface area contributed by atoms with E-state index in [9.17, 15) is 4.79 Å². The van der Waals surface area contributed by atoms with Crippen molar-refractivity contribution in [3.63, 3.8) is 0 Å². The van der Waals surface area contributed by atoms with Gasteiger partial charge in [0.15, 0.2) is 0 Å². The Bertz CT molecular complexity index is 191. The summed E-state index contributed by atoms with van der Waals surface area (Å²) in [6, 6.07) is 0. The van der Waals surface area contributed by atoms with E-state index >= 15 is 0 Å². The normalized spacial score (nSPS) is 31.8. The molecule has 3 unspecified atom stereocenters. The van der Waals surface area contributed by atoms with E-state index in [0.29, 0.717) is 18.4 Å². The first kappa shape index (κ1) is 11.5. The molecule has 3 nitrogen and oxygen atoms in total. The van der Waals surface area contributed by atoms with Crippen LogP contribution in [0.5, 0.6) is 0 Å². The fourth-order valence-electron chi connectivity index (χ4n) is 2.37. The van der Waals surface area contributed by atoms with Gasteiger partial charge in [-0.3, -0.25) is 4.79 Å². The summed E-state index contributed by atoms with van der Waals surface area (Å²) in [4.78, 5) is 11.5. The third-order valence-electron chi connectivity index (χ3n) is 3.11. The Labute approximate surface area is 85.5 Å². The maximum absolute atomic E-state index is 11.5. The molecule has 1 N–H and O–H groups in total. The molecule has 3 heteroatoms. The van der Waals surface area contributed by atoms with Crippen molar-refractivity contribution in [2.75, 3.05) is 13.2 Å². The summed E-state index contributed by atoms with van der Waals surface area (Å²) in [5.41, 5.74) is 0. The summed E-state index contributed by atoms with van der Waals surface area (Å²) < 4.78 is 5.02. The number of ether oxygens (including phenoxy) is 1. The van der Waals surface area contributed by atoms with Crippen molar-refractivity contribution in [2.24, 2.45) is 17.8 Å². The highest BCUT2D eigenvalue weighted by Crippen LogP contribution is 2.38. The lowest BCUT2D eigenvalue weighted by molar-refractivity contribution is -0.149. The van der Waals surface area contributed by atoms with Crippen LogP contribution in [0.4, 0.5) is 0 Å². The minimum atomic E-state index is -0.0551. The van der Waals surface area contributed by atoms with Crippen LogP contribution < -0.4 is 0 Å². The van der Waals surface area contributed by atoms with Crippen molar-refractivity contribution in [2.45, 2.75) is 33.1 Å². The van der Waals surface area contributed by atoms with Gasteiger partial charge in [-0.15, -0.1) is 0 Å². The summed E-state index contributed by atoms with van der Waals surface area (Å²) in [5.74, 6) is 0.918. The molecule has 0 spiro atoms. The highest BCUT2D eigenvalue weighted by molar-refractivity contribution is 5.73. The molecule has 1 rings (SSSR count). The number of carbonyl (C=O) groups excluding carboxylic acids is 1. The number of carbonyl (C=O) groups is 1. The molecule has 14 heavy (non-hydrogen) atoms. The summed E-state index contributed by atoms with van der Waals surface area (Å²) in [6.45, 7) is 4.63. The van der Waals surface area contributed by atoms with Gasteiger partial charge in [0.2, 0.25) is 0 Å². The monoisotopic (exact) mass is 200 g/mol. The van der Waals surface area contributed by atoms with E-state index in [1.54, 1.807) is 0 Å². The van der Waals surface area contributed by atoms with Crippen molar-refractivity contribution in [1.82, 2.24) is 0 Å².